The Balaban J connectivity index is 0.00000220. The largest absolute Gasteiger partial charge is 0.351 e. The first kappa shape index (κ1) is 17.1. The third kappa shape index (κ3) is 4.55. The zero-order chi connectivity index (χ0) is 14.4. The van der Waals surface area contributed by atoms with Crippen molar-refractivity contribution >= 4 is 18.3 Å². The molecule has 1 amide bonds. The van der Waals surface area contributed by atoms with Gasteiger partial charge in [0.1, 0.15) is 0 Å². The molecule has 21 heavy (non-hydrogen) atoms. The number of halogens is 1. The van der Waals surface area contributed by atoms with Gasteiger partial charge in [-0.05, 0) is 29.7 Å². The van der Waals surface area contributed by atoms with E-state index in [1.807, 2.05) is 43.3 Å². The Labute approximate surface area is 131 Å². The quantitative estimate of drug-likeness (QED) is 0.889. The number of nitrogens with zero attached hydrogens (tertiary/aromatic N) is 1. The standard InChI is InChI=1S/C16H19N3O.ClH/c1-12-10-18-8-7-14(12)11-19-16(20)15(9-17)13-5-3-2-4-6-13;/h2-8,10,15H,9,11,17H2,1H3,(H,19,20);1H. The van der Waals surface area contributed by atoms with Crippen molar-refractivity contribution < 1.29 is 4.79 Å². The number of aromatic nitrogens is 1. The summed E-state index contributed by atoms with van der Waals surface area (Å²) in [6.45, 7) is 2.77. The molecule has 5 heteroatoms. The lowest BCUT2D eigenvalue weighted by Gasteiger charge is -2.15. The number of carbonyl (C=O) groups excluding carboxylic acids is 1. The second-order valence-electron chi connectivity index (χ2n) is 4.72. The van der Waals surface area contributed by atoms with Crippen LogP contribution in [-0.4, -0.2) is 17.4 Å². The number of nitrogens with two attached hydrogens (primary N) is 1. The molecule has 0 radical (unpaired) electrons. The number of hydrogen-bond acceptors (Lipinski definition) is 3. The molecule has 2 aromatic rings. The van der Waals surface area contributed by atoms with E-state index < -0.39 is 0 Å². The summed E-state index contributed by atoms with van der Waals surface area (Å²) in [5.41, 5.74) is 8.81. The van der Waals surface area contributed by atoms with Gasteiger partial charge in [-0.15, -0.1) is 12.4 Å². The lowest BCUT2D eigenvalue weighted by atomic mass is 9.98. The van der Waals surface area contributed by atoms with E-state index in [0.29, 0.717) is 13.1 Å². The molecule has 1 atom stereocenters. The van der Waals surface area contributed by atoms with Crippen LogP contribution in [0.25, 0.3) is 0 Å². The second kappa shape index (κ2) is 8.39. The Morgan fingerprint density at radius 2 is 2.00 bits per heavy atom. The van der Waals surface area contributed by atoms with Gasteiger partial charge in [-0.3, -0.25) is 9.78 Å². The zero-order valence-corrected chi connectivity index (χ0v) is 12.8. The molecule has 1 aromatic carbocycles. The molecule has 2 rings (SSSR count). The van der Waals surface area contributed by atoms with E-state index in [1.54, 1.807) is 12.4 Å². The van der Waals surface area contributed by atoms with Gasteiger partial charge in [0, 0.05) is 25.5 Å². The van der Waals surface area contributed by atoms with Gasteiger partial charge < -0.3 is 11.1 Å². The predicted molar refractivity (Wildman–Crippen MR) is 86.3 cm³/mol. The van der Waals surface area contributed by atoms with E-state index in [0.717, 1.165) is 16.7 Å². The molecule has 0 saturated heterocycles. The van der Waals surface area contributed by atoms with Gasteiger partial charge >= 0.3 is 0 Å². The maximum atomic E-state index is 12.3. The van der Waals surface area contributed by atoms with Crippen molar-refractivity contribution in [3.8, 4) is 0 Å². The lowest BCUT2D eigenvalue weighted by molar-refractivity contribution is -0.122. The number of hydrogen-bond donors (Lipinski definition) is 2. The van der Waals surface area contributed by atoms with Crippen LogP contribution >= 0.6 is 12.4 Å². The van der Waals surface area contributed by atoms with E-state index >= 15 is 0 Å². The van der Waals surface area contributed by atoms with Gasteiger partial charge in [-0.25, -0.2) is 0 Å². The molecule has 0 spiro atoms. The van der Waals surface area contributed by atoms with Crippen molar-refractivity contribution in [2.75, 3.05) is 6.54 Å². The Morgan fingerprint density at radius 1 is 1.29 bits per heavy atom. The van der Waals surface area contributed by atoms with Crippen molar-refractivity contribution in [2.45, 2.75) is 19.4 Å². The van der Waals surface area contributed by atoms with Crippen LogP contribution in [0.15, 0.2) is 48.8 Å². The minimum atomic E-state index is -0.307. The number of rotatable bonds is 5. The highest BCUT2D eigenvalue weighted by Crippen LogP contribution is 2.14. The van der Waals surface area contributed by atoms with Crippen molar-refractivity contribution in [3.63, 3.8) is 0 Å². The minimum Gasteiger partial charge on any atom is -0.351 e. The summed E-state index contributed by atoms with van der Waals surface area (Å²) in [6.07, 6.45) is 3.52. The molecule has 0 aliphatic rings. The van der Waals surface area contributed by atoms with E-state index in [1.165, 1.54) is 0 Å². The number of nitrogens with one attached hydrogen (secondary N) is 1. The second-order valence-corrected chi connectivity index (χ2v) is 4.72. The number of aryl methyl sites for hydroxylation is 1. The number of amides is 1. The van der Waals surface area contributed by atoms with Crippen LogP contribution in [0.3, 0.4) is 0 Å². The average molecular weight is 306 g/mol. The molecule has 0 aliphatic heterocycles. The molecule has 1 heterocycles. The number of pyridine rings is 1. The first-order chi connectivity index (χ1) is 9.72. The fourth-order valence-electron chi connectivity index (χ4n) is 2.09. The number of carbonyl (C=O) groups is 1. The maximum Gasteiger partial charge on any atom is 0.229 e. The summed E-state index contributed by atoms with van der Waals surface area (Å²) in [7, 11) is 0. The fourth-order valence-corrected chi connectivity index (χ4v) is 2.09. The van der Waals surface area contributed by atoms with Crippen LogP contribution < -0.4 is 11.1 Å². The van der Waals surface area contributed by atoms with Crippen LogP contribution in [0, 0.1) is 6.92 Å². The summed E-state index contributed by atoms with van der Waals surface area (Å²) in [4.78, 5) is 16.3. The van der Waals surface area contributed by atoms with Crippen LogP contribution in [0.4, 0.5) is 0 Å². The zero-order valence-electron chi connectivity index (χ0n) is 12.0. The third-order valence-electron chi connectivity index (χ3n) is 3.34. The smallest absolute Gasteiger partial charge is 0.229 e. The van der Waals surface area contributed by atoms with Gasteiger partial charge in [0.15, 0.2) is 0 Å². The Kier molecular flexibility index (Phi) is 6.85. The van der Waals surface area contributed by atoms with E-state index in [-0.39, 0.29) is 24.2 Å². The fraction of sp³-hybridized carbons (Fsp3) is 0.250. The van der Waals surface area contributed by atoms with Gasteiger partial charge in [0.25, 0.3) is 0 Å². The molecule has 0 bridgehead atoms. The molecule has 1 aromatic heterocycles. The summed E-state index contributed by atoms with van der Waals surface area (Å²) < 4.78 is 0. The minimum absolute atomic E-state index is 0. The first-order valence-electron chi connectivity index (χ1n) is 6.64. The van der Waals surface area contributed by atoms with Crippen molar-refractivity contribution in [3.05, 3.63) is 65.5 Å². The van der Waals surface area contributed by atoms with Crippen LogP contribution in [0.1, 0.15) is 22.6 Å². The van der Waals surface area contributed by atoms with Crippen molar-refractivity contribution in [2.24, 2.45) is 5.73 Å². The normalized spacial score (nSPS) is 11.3. The topological polar surface area (TPSA) is 68.0 Å². The van der Waals surface area contributed by atoms with Gasteiger partial charge in [0.05, 0.1) is 5.92 Å². The highest BCUT2D eigenvalue weighted by Gasteiger charge is 2.18. The highest BCUT2D eigenvalue weighted by atomic mass is 35.5. The van der Waals surface area contributed by atoms with Gasteiger partial charge in [-0.2, -0.15) is 0 Å². The Bertz CT molecular complexity index is 575. The SMILES string of the molecule is Cc1cnccc1CNC(=O)C(CN)c1ccccc1.Cl. The summed E-state index contributed by atoms with van der Waals surface area (Å²) in [6, 6.07) is 11.5. The van der Waals surface area contributed by atoms with Gasteiger partial charge in [-0.1, -0.05) is 30.3 Å². The molecule has 4 nitrogen and oxygen atoms in total. The molecular formula is C16H20ClN3O. The van der Waals surface area contributed by atoms with Gasteiger partial charge in [0.2, 0.25) is 5.91 Å². The Morgan fingerprint density at radius 3 is 2.62 bits per heavy atom. The van der Waals surface area contributed by atoms with Crippen LogP contribution in [0.5, 0.6) is 0 Å². The van der Waals surface area contributed by atoms with Crippen molar-refractivity contribution in [1.82, 2.24) is 10.3 Å². The molecule has 0 saturated carbocycles. The summed E-state index contributed by atoms with van der Waals surface area (Å²) in [5, 5.41) is 2.94. The molecule has 112 valence electrons. The highest BCUT2D eigenvalue weighted by molar-refractivity contribution is 5.85. The number of benzene rings is 1. The first-order valence-corrected chi connectivity index (χ1v) is 6.64. The van der Waals surface area contributed by atoms with E-state index in [4.69, 9.17) is 5.73 Å². The monoisotopic (exact) mass is 305 g/mol. The molecule has 0 fully saturated rings. The maximum absolute atomic E-state index is 12.3. The summed E-state index contributed by atoms with van der Waals surface area (Å²) in [5.74, 6) is -0.353. The van der Waals surface area contributed by atoms with E-state index in [2.05, 4.69) is 10.3 Å². The third-order valence-corrected chi connectivity index (χ3v) is 3.34. The molecule has 3 N–H and O–H groups in total. The average Bonchev–Trinajstić information content (AvgIpc) is 2.48. The molecular weight excluding hydrogens is 286 g/mol. The van der Waals surface area contributed by atoms with Crippen molar-refractivity contribution in [1.29, 1.82) is 0 Å². The molecule has 1 unspecified atom stereocenters. The molecule has 0 aliphatic carbocycles. The predicted octanol–water partition coefficient (Wildman–Crippen LogP) is 2.17. The lowest BCUT2D eigenvalue weighted by Crippen LogP contribution is -2.33. The Hall–Kier alpha value is -1.91. The van der Waals surface area contributed by atoms with Crippen LogP contribution in [0.2, 0.25) is 0 Å². The summed E-state index contributed by atoms with van der Waals surface area (Å²) >= 11 is 0. The van der Waals surface area contributed by atoms with Crippen LogP contribution in [-0.2, 0) is 11.3 Å². The van der Waals surface area contributed by atoms with E-state index in [9.17, 15) is 4.79 Å².